The molecule has 1 heterocycles. The van der Waals surface area contributed by atoms with Crippen molar-refractivity contribution in [3.05, 3.63) is 70.5 Å². The highest BCUT2D eigenvalue weighted by atomic mass is 35.5. The molecule has 0 atom stereocenters. The smallest absolute Gasteiger partial charge is 0.159 e. The Hall–Kier alpha value is -2.63. The molecule has 3 rings (SSSR count). The number of carbonyl (C=O) groups is 1. The third-order valence-electron chi connectivity index (χ3n) is 3.42. The Morgan fingerprint density at radius 3 is 2.04 bits per heavy atom. The Balaban J connectivity index is 1.74. The van der Waals surface area contributed by atoms with Crippen molar-refractivity contribution < 1.29 is 4.79 Å². The van der Waals surface area contributed by atoms with Crippen LogP contribution in [0, 0.1) is 0 Å². The fourth-order valence-electron chi connectivity index (χ4n) is 2.15. The lowest BCUT2D eigenvalue weighted by atomic mass is 10.1. The summed E-state index contributed by atoms with van der Waals surface area (Å²) in [7, 11) is 0. The van der Waals surface area contributed by atoms with Crippen molar-refractivity contribution in [2.75, 3.05) is 10.6 Å². The molecule has 0 saturated carbocycles. The summed E-state index contributed by atoms with van der Waals surface area (Å²) < 4.78 is 0. The van der Waals surface area contributed by atoms with Crippen LogP contribution in [-0.4, -0.2) is 15.8 Å². The van der Waals surface area contributed by atoms with Gasteiger partial charge in [0.1, 0.15) is 18.0 Å². The molecule has 5 nitrogen and oxygen atoms in total. The van der Waals surface area contributed by atoms with Crippen molar-refractivity contribution >= 4 is 52.0 Å². The molecule has 0 spiro atoms. The summed E-state index contributed by atoms with van der Waals surface area (Å²) in [6, 6.07) is 14.2. The van der Waals surface area contributed by atoms with E-state index in [1.54, 1.807) is 30.3 Å². The van der Waals surface area contributed by atoms with Gasteiger partial charge in [-0.2, -0.15) is 0 Å². The SMILES string of the molecule is CC(=O)c1ccc(Nc2cc(Nc3ccc(Cl)c(Cl)c3)ncn2)cc1. The van der Waals surface area contributed by atoms with E-state index in [1.807, 2.05) is 18.2 Å². The summed E-state index contributed by atoms with van der Waals surface area (Å²) in [5.41, 5.74) is 2.25. The lowest BCUT2D eigenvalue weighted by molar-refractivity contribution is 0.101. The lowest BCUT2D eigenvalue weighted by Gasteiger charge is -2.09. The van der Waals surface area contributed by atoms with Crippen LogP contribution in [0.15, 0.2) is 54.9 Å². The first kappa shape index (κ1) is 17.2. The van der Waals surface area contributed by atoms with Crippen LogP contribution >= 0.6 is 23.2 Å². The minimum atomic E-state index is 0.0293. The van der Waals surface area contributed by atoms with Gasteiger partial charge in [0.25, 0.3) is 0 Å². The van der Waals surface area contributed by atoms with E-state index < -0.39 is 0 Å². The van der Waals surface area contributed by atoms with Crippen molar-refractivity contribution in [3.8, 4) is 0 Å². The molecule has 126 valence electrons. The van der Waals surface area contributed by atoms with Crippen molar-refractivity contribution in [2.24, 2.45) is 0 Å². The molecule has 0 unspecified atom stereocenters. The Bertz CT molecular complexity index is 913. The maximum absolute atomic E-state index is 11.3. The second-order valence-corrected chi connectivity index (χ2v) is 6.12. The highest BCUT2D eigenvalue weighted by Crippen LogP contribution is 2.27. The maximum atomic E-state index is 11.3. The summed E-state index contributed by atoms with van der Waals surface area (Å²) in [6.45, 7) is 1.54. The van der Waals surface area contributed by atoms with Gasteiger partial charge in [0, 0.05) is 23.0 Å². The zero-order valence-corrected chi connectivity index (χ0v) is 14.8. The predicted molar refractivity (Wildman–Crippen MR) is 102 cm³/mol. The van der Waals surface area contributed by atoms with Crippen LogP contribution in [-0.2, 0) is 0 Å². The number of halogens is 2. The van der Waals surface area contributed by atoms with Gasteiger partial charge in [-0.3, -0.25) is 4.79 Å². The molecule has 0 aliphatic heterocycles. The van der Waals surface area contributed by atoms with E-state index in [1.165, 1.54) is 13.3 Å². The minimum absolute atomic E-state index is 0.0293. The first-order chi connectivity index (χ1) is 12.0. The van der Waals surface area contributed by atoms with E-state index in [0.717, 1.165) is 11.4 Å². The van der Waals surface area contributed by atoms with Crippen molar-refractivity contribution in [1.29, 1.82) is 0 Å². The zero-order chi connectivity index (χ0) is 17.8. The molecule has 3 aromatic rings. The normalized spacial score (nSPS) is 10.4. The number of aromatic nitrogens is 2. The largest absolute Gasteiger partial charge is 0.340 e. The molecule has 0 radical (unpaired) electrons. The Morgan fingerprint density at radius 2 is 1.44 bits per heavy atom. The van der Waals surface area contributed by atoms with E-state index in [0.29, 0.717) is 27.2 Å². The van der Waals surface area contributed by atoms with E-state index in [4.69, 9.17) is 23.2 Å². The zero-order valence-electron chi connectivity index (χ0n) is 13.3. The molecular formula is C18H14Cl2N4O. The number of rotatable bonds is 5. The quantitative estimate of drug-likeness (QED) is 0.580. The summed E-state index contributed by atoms with van der Waals surface area (Å²) >= 11 is 11.9. The summed E-state index contributed by atoms with van der Waals surface area (Å²) in [5, 5.41) is 7.26. The highest BCUT2D eigenvalue weighted by molar-refractivity contribution is 6.42. The number of nitrogens with zero attached hydrogens (tertiary/aromatic N) is 2. The molecule has 0 fully saturated rings. The van der Waals surface area contributed by atoms with Crippen molar-refractivity contribution in [3.63, 3.8) is 0 Å². The Morgan fingerprint density at radius 1 is 0.840 bits per heavy atom. The summed E-state index contributed by atoms with van der Waals surface area (Å²) in [5.74, 6) is 1.26. The molecule has 0 amide bonds. The average Bonchev–Trinajstić information content (AvgIpc) is 2.59. The average molecular weight is 373 g/mol. The first-order valence-corrected chi connectivity index (χ1v) is 8.19. The fourth-order valence-corrected chi connectivity index (χ4v) is 2.45. The third kappa shape index (κ3) is 4.47. The lowest BCUT2D eigenvalue weighted by Crippen LogP contribution is -1.99. The fraction of sp³-hybridized carbons (Fsp3) is 0.0556. The van der Waals surface area contributed by atoms with Crippen molar-refractivity contribution in [2.45, 2.75) is 6.92 Å². The Kier molecular flexibility index (Phi) is 5.16. The Labute approximate surface area is 155 Å². The van der Waals surface area contributed by atoms with Crippen LogP contribution in [0.1, 0.15) is 17.3 Å². The monoisotopic (exact) mass is 372 g/mol. The molecule has 25 heavy (non-hydrogen) atoms. The molecule has 0 aliphatic carbocycles. The van der Waals surface area contributed by atoms with Crippen LogP contribution in [0.5, 0.6) is 0 Å². The van der Waals surface area contributed by atoms with Gasteiger partial charge < -0.3 is 10.6 Å². The van der Waals surface area contributed by atoms with Gasteiger partial charge in [0.05, 0.1) is 10.0 Å². The number of anilines is 4. The van der Waals surface area contributed by atoms with Gasteiger partial charge >= 0.3 is 0 Å². The summed E-state index contributed by atoms with van der Waals surface area (Å²) in [6.07, 6.45) is 1.45. The minimum Gasteiger partial charge on any atom is -0.340 e. The number of benzene rings is 2. The number of Topliss-reactive ketones (excluding diaryl/α,β-unsaturated/α-hetero) is 1. The van der Waals surface area contributed by atoms with Crippen LogP contribution in [0.3, 0.4) is 0 Å². The molecule has 2 N–H and O–H groups in total. The number of hydrogen-bond acceptors (Lipinski definition) is 5. The van der Waals surface area contributed by atoms with E-state index >= 15 is 0 Å². The number of ketones is 1. The van der Waals surface area contributed by atoms with E-state index in [-0.39, 0.29) is 5.78 Å². The van der Waals surface area contributed by atoms with Crippen molar-refractivity contribution in [1.82, 2.24) is 9.97 Å². The summed E-state index contributed by atoms with van der Waals surface area (Å²) in [4.78, 5) is 19.7. The van der Waals surface area contributed by atoms with E-state index in [2.05, 4.69) is 20.6 Å². The maximum Gasteiger partial charge on any atom is 0.159 e. The second kappa shape index (κ2) is 7.51. The predicted octanol–water partition coefficient (Wildman–Crippen LogP) is 5.47. The molecule has 2 aromatic carbocycles. The number of carbonyl (C=O) groups excluding carboxylic acids is 1. The third-order valence-corrected chi connectivity index (χ3v) is 4.16. The van der Waals surface area contributed by atoms with Gasteiger partial charge in [-0.25, -0.2) is 9.97 Å². The first-order valence-electron chi connectivity index (χ1n) is 7.43. The standard InChI is InChI=1S/C18H14Cl2N4O/c1-11(25)12-2-4-13(5-3-12)23-17-9-18(22-10-21-17)24-14-6-7-15(19)16(20)8-14/h2-10H,1H3,(H2,21,22,23,24). The van der Waals surface area contributed by atoms with Crippen LogP contribution < -0.4 is 10.6 Å². The van der Waals surface area contributed by atoms with Crippen LogP contribution in [0.2, 0.25) is 10.0 Å². The molecule has 0 aliphatic rings. The van der Waals surface area contributed by atoms with Crippen LogP contribution in [0.4, 0.5) is 23.0 Å². The van der Waals surface area contributed by atoms with Gasteiger partial charge in [0.2, 0.25) is 0 Å². The molecule has 7 heteroatoms. The van der Waals surface area contributed by atoms with Gasteiger partial charge in [-0.05, 0) is 49.4 Å². The van der Waals surface area contributed by atoms with Crippen LogP contribution in [0.25, 0.3) is 0 Å². The van der Waals surface area contributed by atoms with Gasteiger partial charge in [0.15, 0.2) is 5.78 Å². The highest BCUT2D eigenvalue weighted by Gasteiger charge is 2.04. The topological polar surface area (TPSA) is 66.9 Å². The molecule has 0 saturated heterocycles. The van der Waals surface area contributed by atoms with E-state index in [9.17, 15) is 4.79 Å². The number of nitrogens with one attached hydrogen (secondary N) is 2. The van der Waals surface area contributed by atoms with Gasteiger partial charge in [-0.1, -0.05) is 23.2 Å². The molecule has 1 aromatic heterocycles. The van der Waals surface area contributed by atoms with Gasteiger partial charge in [-0.15, -0.1) is 0 Å². The molecular weight excluding hydrogens is 359 g/mol. The molecule has 0 bridgehead atoms. The number of hydrogen-bond donors (Lipinski definition) is 2. The second-order valence-electron chi connectivity index (χ2n) is 5.30.